The molecule has 3 rings (SSSR count). The zero-order chi connectivity index (χ0) is 22.8. The molecular formula is C24H41IN4O4. The zero-order valence-electron chi connectivity index (χ0n) is 20.6. The van der Waals surface area contributed by atoms with Crippen LogP contribution >= 0.6 is 24.0 Å². The molecule has 1 saturated heterocycles. The Kier molecular flexibility index (Phi) is 11.8. The molecule has 8 nitrogen and oxygen atoms in total. The van der Waals surface area contributed by atoms with Crippen molar-refractivity contribution >= 4 is 29.9 Å². The van der Waals surface area contributed by atoms with Gasteiger partial charge in [-0.15, -0.1) is 24.0 Å². The number of rotatable bonds is 9. The van der Waals surface area contributed by atoms with Gasteiger partial charge < -0.3 is 29.6 Å². The maximum atomic E-state index is 5.62. The molecule has 0 bridgehead atoms. The van der Waals surface area contributed by atoms with Crippen LogP contribution in [0, 0.1) is 0 Å². The lowest BCUT2D eigenvalue weighted by Gasteiger charge is -2.48. The van der Waals surface area contributed by atoms with Gasteiger partial charge in [-0.25, -0.2) is 4.99 Å². The lowest BCUT2D eigenvalue weighted by Crippen LogP contribution is -2.60. The molecule has 2 fully saturated rings. The van der Waals surface area contributed by atoms with Gasteiger partial charge in [-0.2, -0.15) is 0 Å². The van der Waals surface area contributed by atoms with E-state index >= 15 is 0 Å². The molecule has 1 aliphatic carbocycles. The van der Waals surface area contributed by atoms with Gasteiger partial charge in [-0.05, 0) is 31.9 Å². The summed E-state index contributed by atoms with van der Waals surface area (Å²) in [5.74, 6) is 2.71. The van der Waals surface area contributed by atoms with Crippen LogP contribution in [0.4, 0.5) is 0 Å². The second-order valence-electron chi connectivity index (χ2n) is 8.43. The van der Waals surface area contributed by atoms with Crippen molar-refractivity contribution in [3.8, 4) is 17.2 Å². The third-order valence-electron chi connectivity index (χ3n) is 6.59. The van der Waals surface area contributed by atoms with Crippen LogP contribution in [0.5, 0.6) is 17.2 Å². The fraction of sp³-hybridized carbons (Fsp3) is 0.708. The average molecular weight is 577 g/mol. The van der Waals surface area contributed by atoms with Gasteiger partial charge in [-0.1, -0.05) is 19.3 Å². The van der Waals surface area contributed by atoms with Crippen LogP contribution in [0.1, 0.15) is 44.6 Å². The van der Waals surface area contributed by atoms with Crippen molar-refractivity contribution in [2.24, 2.45) is 4.99 Å². The minimum Gasteiger partial charge on any atom is -0.493 e. The monoisotopic (exact) mass is 576 g/mol. The normalized spacial score (nSPS) is 18.7. The highest BCUT2D eigenvalue weighted by Gasteiger charge is 2.38. The summed E-state index contributed by atoms with van der Waals surface area (Å²) in [7, 11) is 4.88. The summed E-state index contributed by atoms with van der Waals surface area (Å²) in [6, 6.07) is 3.87. The van der Waals surface area contributed by atoms with Crippen LogP contribution in [0.25, 0.3) is 0 Å². The Hall–Kier alpha value is -1.46. The van der Waals surface area contributed by atoms with Crippen molar-refractivity contribution in [1.82, 2.24) is 15.5 Å². The quantitative estimate of drug-likeness (QED) is 0.265. The van der Waals surface area contributed by atoms with Gasteiger partial charge in [0.2, 0.25) is 5.75 Å². The Balaban J connectivity index is 0.00000385. The van der Waals surface area contributed by atoms with Gasteiger partial charge in [-0.3, -0.25) is 4.90 Å². The van der Waals surface area contributed by atoms with E-state index in [4.69, 9.17) is 23.9 Å². The highest BCUT2D eigenvalue weighted by molar-refractivity contribution is 14.0. The van der Waals surface area contributed by atoms with E-state index in [9.17, 15) is 0 Å². The summed E-state index contributed by atoms with van der Waals surface area (Å²) in [5.41, 5.74) is 1.13. The lowest BCUT2D eigenvalue weighted by atomic mass is 9.80. The number of ether oxygens (including phenoxy) is 4. The lowest BCUT2D eigenvalue weighted by molar-refractivity contribution is -0.0352. The number of benzene rings is 1. The number of methoxy groups -OCH3 is 3. The molecule has 1 aromatic carbocycles. The highest BCUT2D eigenvalue weighted by Crippen LogP contribution is 2.40. The third-order valence-corrected chi connectivity index (χ3v) is 6.59. The number of hydrogen-bond acceptors (Lipinski definition) is 6. The van der Waals surface area contributed by atoms with Crippen molar-refractivity contribution in [2.75, 3.05) is 60.7 Å². The van der Waals surface area contributed by atoms with Crippen LogP contribution < -0.4 is 24.8 Å². The fourth-order valence-electron chi connectivity index (χ4n) is 4.89. The molecule has 0 radical (unpaired) electrons. The van der Waals surface area contributed by atoms with Crippen LogP contribution in [-0.2, 0) is 11.3 Å². The van der Waals surface area contributed by atoms with E-state index in [1.807, 2.05) is 12.1 Å². The Morgan fingerprint density at radius 1 is 1.00 bits per heavy atom. The average Bonchev–Trinajstić information content (AvgIpc) is 2.86. The summed E-state index contributed by atoms with van der Waals surface area (Å²) >= 11 is 0. The molecule has 0 aromatic heterocycles. The van der Waals surface area contributed by atoms with Crippen molar-refractivity contribution in [2.45, 2.75) is 51.1 Å². The zero-order valence-corrected chi connectivity index (χ0v) is 22.9. The van der Waals surface area contributed by atoms with Crippen LogP contribution in [-0.4, -0.2) is 77.1 Å². The Morgan fingerprint density at radius 3 is 2.30 bits per heavy atom. The second kappa shape index (κ2) is 14.1. The Bertz CT molecular complexity index is 750. The maximum Gasteiger partial charge on any atom is 0.203 e. The Morgan fingerprint density at radius 2 is 1.70 bits per heavy atom. The van der Waals surface area contributed by atoms with Gasteiger partial charge in [0.15, 0.2) is 17.5 Å². The number of nitrogens with zero attached hydrogens (tertiary/aromatic N) is 2. The van der Waals surface area contributed by atoms with Crippen molar-refractivity contribution < 1.29 is 18.9 Å². The van der Waals surface area contributed by atoms with Gasteiger partial charge in [0.05, 0.1) is 41.1 Å². The van der Waals surface area contributed by atoms with Crippen molar-refractivity contribution in [3.05, 3.63) is 17.7 Å². The number of morpholine rings is 1. The van der Waals surface area contributed by atoms with E-state index in [0.29, 0.717) is 23.8 Å². The smallest absolute Gasteiger partial charge is 0.203 e. The van der Waals surface area contributed by atoms with E-state index in [1.54, 1.807) is 21.3 Å². The summed E-state index contributed by atoms with van der Waals surface area (Å²) in [6.07, 6.45) is 6.36. The topological polar surface area (TPSA) is 76.6 Å². The van der Waals surface area contributed by atoms with Crippen LogP contribution in [0.15, 0.2) is 17.1 Å². The standard InChI is InChI=1S/C24H40N4O4.HI/c1-5-25-23(26-17-19-9-10-20(29-2)22(31-4)21(19)30-3)27-18-24(11-7-6-8-12-24)28-13-15-32-16-14-28;/h9-10H,5-8,11-18H2,1-4H3,(H2,25,26,27);1H. The first-order valence-electron chi connectivity index (χ1n) is 11.8. The van der Waals surface area contributed by atoms with Gasteiger partial charge >= 0.3 is 0 Å². The molecule has 1 heterocycles. The predicted molar refractivity (Wildman–Crippen MR) is 143 cm³/mol. The molecule has 2 N–H and O–H groups in total. The number of hydrogen-bond donors (Lipinski definition) is 2. The molecule has 1 aromatic rings. The number of nitrogens with one attached hydrogen (secondary N) is 2. The van der Waals surface area contributed by atoms with Gasteiger partial charge in [0.1, 0.15) is 0 Å². The minimum absolute atomic E-state index is 0. The molecular weight excluding hydrogens is 535 g/mol. The molecule has 2 aliphatic rings. The number of aliphatic imine (C=N–C) groups is 1. The maximum absolute atomic E-state index is 5.62. The second-order valence-corrected chi connectivity index (χ2v) is 8.43. The summed E-state index contributed by atoms with van der Waals surface area (Å²) < 4.78 is 22.1. The first-order valence-corrected chi connectivity index (χ1v) is 11.8. The van der Waals surface area contributed by atoms with E-state index in [2.05, 4.69) is 22.5 Å². The highest BCUT2D eigenvalue weighted by atomic mass is 127. The summed E-state index contributed by atoms with van der Waals surface area (Å²) in [5, 5.41) is 7.05. The molecule has 0 amide bonds. The first-order chi connectivity index (χ1) is 15.7. The number of guanidine groups is 1. The molecule has 0 unspecified atom stereocenters. The third kappa shape index (κ3) is 7.02. The molecule has 1 saturated carbocycles. The fourth-order valence-corrected chi connectivity index (χ4v) is 4.89. The molecule has 1 aliphatic heterocycles. The van der Waals surface area contributed by atoms with Crippen LogP contribution in [0.2, 0.25) is 0 Å². The SMILES string of the molecule is CCNC(=NCc1ccc(OC)c(OC)c1OC)NCC1(N2CCOCC2)CCCCC1.I. The predicted octanol–water partition coefficient (Wildman–Crippen LogP) is 3.42. The Labute approximate surface area is 215 Å². The minimum atomic E-state index is 0. The van der Waals surface area contributed by atoms with E-state index in [-0.39, 0.29) is 29.5 Å². The molecule has 188 valence electrons. The molecule has 9 heteroatoms. The molecule has 0 atom stereocenters. The molecule has 33 heavy (non-hydrogen) atoms. The number of halogens is 1. The van der Waals surface area contributed by atoms with E-state index < -0.39 is 0 Å². The summed E-state index contributed by atoms with van der Waals surface area (Å²) in [6.45, 7) is 7.94. The van der Waals surface area contributed by atoms with Gasteiger partial charge in [0.25, 0.3) is 0 Å². The largest absolute Gasteiger partial charge is 0.493 e. The van der Waals surface area contributed by atoms with Crippen molar-refractivity contribution in [3.63, 3.8) is 0 Å². The van der Waals surface area contributed by atoms with Crippen LogP contribution in [0.3, 0.4) is 0 Å². The first kappa shape index (κ1) is 27.8. The summed E-state index contributed by atoms with van der Waals surface area (Å²) in [4.78, 5) is 7.50. The molecule has 0 spiro atoms. The van der Waals surface area contributed by atoms with E-state index in [0.717, 1.165) is 50.9 Å². The van der Waals surface area contributed by atoms with Gasteiger partial charge in [0, 0.05) is 37.3 Å². The van der Waals surface area contributed by atoms with E-state index in [1.165, 1.54) is 32.1 Å². The van der Waals surface area contributed by atoms with Crippen molar-refractivity contribution in [1.29, 1.82) is 0 Å².